The quantitative estimate of drug-likeness (QED) is 0.459. The molecule has 0 aromatic rings. The van der Waals surface area contributed by atoms with E-state index >= 15 is 0 Å². The van der Waals surface area contributed by atoms with E-state index in [2.05, 4.69) is 16.6 Å². The highest BCUT2D eigenvalue weighted by atomic mass is 16.4. The lowest BCUT2D eigenvalue weighted by Crippen LogP contribution is -2.43. The van der Waals surface area contributed by atoms with Crippen LogP contribution in [0.1, 0.15) is 33.6 Å². The summed E-state index contributed by atoms with van der Waals surface area (Å²) in [5.41, 5.74) is -0.0420. The molecule has 1 amide bonds. The van der Waals surface area contributed by atoms with Gasteiger partial charge in [-0.05, 0) is 11.8 Å². The molecule has 0 aromatic carbocycles. The number of hydrogen-bond donors (Lipinski definition) is 3. The molecular weight excluding hydrogens is 232 g/mol. The smallest absolute Gasteiger partial charge is 0.305 e. The van der Waals surface area contributed by atoms with E-state index in [0.29, 0.717) is 13.0 Å². The fourth-order valence-electron chi connectivity index (χ4n) is 1.65. The lowest BCUT2D eigenvalue weighted by Gasteiger charge is -2.25. The second kappa shape index (κ2) is 7.72. The SMILES string of the molecule is C#CCNCC(=O)NC(CC(=O)O)CC(C)(C)C. The third-order valence-electron chi connectivity index (χ3n) is 2.16. The Morgan fingerprint density at radius 1 is 1.39 bits per heavy atom. The Morgan fingerprint density at radius 2 is 2.00 bits per heavy atom. The van der Waals surface area contributed by atoms with Crippen LogP contribution in [0.3, 0.4) is 0 Å². The summed E-state index contributed by atoms with van der Waals surface area (Å²) in [6.07, 6.45) is 5.58. The van der Waals surface area contributed by atoms with E-state index in [-0.39, 0.29) is 30.3 Å². The summed E-state index contributed by atoms with van der Waals surface area (Å²) in [5, 5.41) is 14.3. The largest absolute Gasteiger partial charge is 0.481 e. The average molecular weight is 254 g/mol. The van der Waals surface area contributed by atoms with Crippen LogP contribution in [0.4, 0.5) is 0 Å². The highest BCUT2D eigenvalue weighted by Crippen LogP contribution is 2.22. The Balaban J connectivity index is 4.27. The Labute approximate surface area is 108 Å². The van der Waals surface area contributed by atoms with Gasteiger partial charge in [-0.2, -0.15) is 0 Å². The van der Waals surface area contributed by atoms with Gasteiger partial charge in [-0.1, -0.05) is 26.7 Å². The van der Waals surface area contributed by atoms with Crippen molar-refractivity contribution in [3.05, 3.63) is 0 Å². The molecule has 0 saturated carbocycles. The molecule has 0 aromatic heterocycles. The molecule has 5 nitrogen and oxygen atoms in total. The molecule has 1 unspecified atom stereocenters. The first-order valence-electron chi connectivity index (χ1n) is 5.90. The number of nitrogens with one attached hydrogen (secondary N) is 2. The van der Waals surface area contributed by atoms with Crippen molar-refractivity contribution in [2.45, 2.75) is 39.7 Å². The summed E-state index contributed by atoms with van der Waals surface area (Å²) in [4.78, 5) is 22.3. The average Bonchev–Trinajstić information content (AvgIpc) is 2.13. The molecule has 18 heavy (non-hydrogen) atoms. The summed E-state index contributed by atoms with van der Waals surface area (Å²) in [6, 6.07) is -0.359. The number of rotatable bonds is 7. The zero-order valence-corrected chi connectivity index (χ0v) is 11.2. The number of amides is 1. The maximum atomic E-state index is 11.6. The predicted molar refractivity (Wildman–Crippen MR) is 70.0 cm³/mol. The van der Waals surface area contributed by atoms with Crippen molar-refractivity contribution in [1.29, 1.82) is 0 Å². The van der Waals surface area contributed by atoms with Crippen molar-refractivity contribution in [2.75, 3.05) is 13.1 Å². The van der Waals surface area contributed by atoms with Crippen LogP contribution in [0, 0.1) is 17.8 Å². The Morgan fingerprint density at radius 3 is 2.44 bits per heavy atom. The minimum Gasteiger partial charge on any atom is -0.481 e. The molecule has 0 spiro atoms. The van der Waals surface area contributed by atoms with Gasteiger partial charge >= 0.3 is 5.97 Å². The first kappa shape index (κ1) is 16.5. The molecule has 1 atom stereocenters. The van der Waals surface area contributed by atoms with Crippen LogP contribution in [0.15, 0.2) is 0 Å². The van der Waals surface area contributed by atoms with Crippen LogP contribution in [-0.2, 0) is 9.59 Å². The van der Waals surface area contributed by atoms with Crippen molar-refractivity contribution in [3.8, 4) is 12.3 Å². The van der Waals surface area contributed by atoms with Gasteiger partial charge in [0.15, 0.2) is 0 Å². The first-order chi connectivity index (χ1) is 8.24. The zero-order valence-electron chi connectivity index (χ0n) is 11.2. The van der Waals surface area contributed by atoms with E-state index in [4.69, 9.17) is 11.5 Å². The number of carbonyl (C=O) groups is 2. The maximum Gasteiger partial charge on any atom is 0.305 e. The van der Waals surface area contributed by atoms with Gasteiger partial charge in [0.05, 0.1) is 19.5 Å². The molecule has 0 heterocycles. The van der Waals surface area contributed by atoms with E-state index < -0.39 is 5.97 Å². The van der Waals surface area contributed by atoms with E-state index in [1.807, 2.05) is 20.8 Å². The molecule has 5 heteroatoms. The van der Waals surface area contributed by atoms with Crippen LogP contribution in [0.25, 0.3) is 0 Å². The lowest BCUT2D eigenvalue weighted by atomic mass is 9.87. The van der Waals surface area contributed by atoms with E-state index in [9.17, 15) is 9.59 Å². The Bertz CT molecular complexity index is 326. The van der Waals surface area contributed by atoms with Crippen LogP contribution in [0.5, 0.6) is 0 Å². The van der Waals surface area contributed by atoms with Crippen LogP contribution >= 0.6 is 0 Å². The topological polar surface area (TPSA) is 78.4 Å². The van der Waals surface area contributed by atoms with Crippen LogP contribution < -0.4 is 10.6 Å². The fourth-order valence-corrected chi connectivity index (χ4v) is 1.65. The summed E-state index contributed by atoms with van der Waals surface area (Å²) in [5.74, 6) is 1.21. The molecule has 0 bridgehead atoms. The van der Waals surface area contributed by atoms with Crippen molar-refractivity contribution >= 4 is 11.9 Å². The van der Waals surface area contributed by atoms with Crippen molar-refractivity contribution in [1.82, 2.24) is 10.6 Å². The number of carboxylic acids is 1. The van der Waals surface area contributed by atoms with Gasteiger partial charge in [-0.3, -0.25) is 14.9 Å². The number of hydrogen-bond acceptors (Lipinski definition) is 3. The molecule has 0 aliphatic heterocycles. The molecule has 0 aliphatic carbocycles. The van der Waals surface area contributed by atoms with Gasteiger partial charge in [0, 0.05) is 6.04 Å². The molecule has 3 N–H and O–H groups in total. The van der Waals surface area contributed by atoms with E-state index in [0.717, 1.165) is 0 Å². The van der Waals surface area contributed by atoms with Crippen LogP contribution in [0.2, 0.25) is 0 Å². The Hall–Kier alpha value is -1.54. The second-order valence-corrected chi connectivity index (χ2v) is 5.43. The minimum atomic E-state index is -0.916. The molecule has 0 saturated heterocycles. The van der Waals surface area contributed by atoms with E-state index in [1.165, 1.54) is 0 Å². The molecular formula is C13H22N2O3. The third-order valence-corrected chi connectivity index (χ3v) is 2.16. The second-order valence-electron chi connectivity index (χ2n) is 5.43. The van der Waals surface area contributed by atoms with Gasteiger partial charge in [-0.15, -0.1) is 6.42 Å². The lowest BCUT2D eigenvalue weighted by molar-refractivity contribution is -0.137. The minimum absolute atomic E-state index is 0.0420. The summed E-state index contributed by atoms with van der Waals surface area (Å²) in [7, 11) is 0. The van der Waals surface area contributed by atoms with Gasteiger partial charge in [0.1, 0.15) is 0 Å². The number of carboxylic acid groups (broad SMARTS) is 1. The third kappa shape index (κ3) is 9.67. The molecule has 0 rings (SSSR count). The van der Waals surface area contributed by atoms with E-state index in [1.54, 1.807) is 0 Å². The van der Waals surface area contributed by atoms with Gasteiger partial charge in [0.25, 0.3) is 0 Å². The highest BCUT2D eigenvalue weighted by molar-refractivity contribution is 5.79. The molecule has 0 fully saturated rings. The normalized spacial score (nSPS) is 12.6. The summed E-state index contributed by atoms with van der Waals surface area (Å²) < 4.78 is 0. The first-order valence-corrected chi connectivity index (χ1v) is 5.90. The monoisotopic (exact) mass is 254 g/mol. The highest BCUT2D eigenvalue weighted by Gasteiger charge is 2.22. The number of terminal acetylenes is 1. The van der Waals surface area contributed by atoms with Gasteiger partial charge in [-0.25, -0.2) is 0 Å². The van der Waals surface area contributed by atoms with Gasteiger partial charge < -0.3 is 10.4 Å². The summed E-state index contributed by atoms with van der Waals surface area (Å²) in [6.45, 7) is 6.43. The predicted octanol–water partition coefficient (Wildman–Crippen LogP) is 0.605. The zero-order chi connectivity index (χ0) is 14.2. The van der Waals surface area contributed by atoms with Crippen molar-refractivity contribution < 1.29 is 14.7 Å². The maximum absolute atomic E-state index is 11.6. The fraction of sp³-hybridized carbons (Fsp3) is 0.692. The molecule has 102 valence electrons. The molecule has 0 aliphatic rings. The Kier molecular flexibility index (Phi) is 7.06. The van der Waals surface area contributed by atoms with Crippen molar-refractivity contribution in [2.24, 2.45) is 5.41 Å². The van der Waals surface area contributed by atoms with Gasteiger partial charge in [0.2, 0.25) is 5.91 Å². The van der Waals surface area contributed by atoms with Crippen molar-refractivity contribution in [3.63, 3.8) is 0 Å². The van der Waals surface area contributed by atoms with Crippen LogP contribution in [-0.4, -0.2) is 36.1 Å². The standard InChI is InChI=1S/C13H22N2O3/c1-5-6-14-9-11(16)15-10(7-12(17)18)8-13(2,3)4/h1,10,14H,6-9H2,2-4H3,(H,15,16)(H,17,18). The number of aliphatic carboxylic acids is 1. The summed E-state index contributed by atoms with van der Waals surface area (Å²) >= 11 is 0. The number of carbonyl (C=O) groups excluding carboxylic acids is 1. The molecule has 0 radical (unpaired) electrons.